The molecule has 1 saturated carbocycles. The lowest BCUT2D eigenvalue weighted by atomic mass is 9.63. The fourth-order valence-corrected chi connectivity index (χ4v) is 2.96. The van der Waals surface area contributed by atoms with E-state index in [1.54, 1.807) is 0 Å². The minimum Gasteiger partial charge on any atom is -0.301 e. The molecule has 2 nitrogen and oxygen atoms in total. The number of nitriles is 1. The van der Waals surface area contributed by atoms with Crippen LogP contribution in [-0.2, 0) is 0 Å². The van der Waals surface area contributed by atoms with Crippen molar-refractivity contribution in [3.63, 3.8) is 0 Å². The fraction of sp³-hybridized carbons (Fsp3) is 0.533. The molecule has 0 saturated heterocycles. The second kappa shape index (κ2) is 4.50. The largest absolute Gasteiger partial charge is 0.301 e. The van der Waals surface area contributed by atoms with Crippen LogP contribution in [0.15, 0.2) is 24.3 Å². The molecule has 1 atom stereocenters. The van der Waals surface area contributed by atoms with E-state index < -0.39 is 0 Å². The van der Waals surface area contributed by atoms with Gasteiger partial charge in [-0.2, -0.15) is 5.26 Å². The van der Waals surface area contributed by atoms with E-state index in [1.807, 2.05) is 0 Å². The zero-order valence-corrected chi connectivity index (χ0v) is 10.9. The van der Waals surface area contributed by atoms with Crippen molar-refractivity contribution in [2.45, 2.75) is 32.2 Å². The van der Waals surface area contributed by atoms with Crippen molar-refractivity contribution < 1.29 is 0 Å². The Labute approximate surface area is 104 Å². The number of hydrogen-bond acceptors (Lipinski definition) is 2. The molecule has 0 N–H and O–H groups in total. The predicted molar refractivity (Wildman–Crippen MR) is 69.5 cm³/mol. The zero-order valence-electron chi connectivity index (χ0n) is 10.9. The summed E-state index contributed by atoms with van der Waals surface area (Å²) >= 11 is 0. The van der Waals surface area contributed by atoms with Crippen molar-refractivity contribution in [1.29, 1.82) is 5.26 Å². The summed E-state index contributed by atoms with van der Waals surface area (Å²) < 4.78 is 0. The Morgan fingerprint density at radius 2 is 2.06 bits per heavy atom. The lowest BCUT2D eigenvalue weighted by Crippen LogP contribution is -2.41. The molecule has 0 aliphatic heterocycles. The van der Waals surface area contributed by atoms with Crippen LogP contribution >= 0.6 is 0 Å². The van der Waals surface area contributed by atoms with Gasteiger partial charge in [0.05, 0.1) is 17.5 Å². The highest BCUT2D eigenvalue weighted by Crippen LogP contribution is 2.51. The van der Waals surface area contributed by atoms with Gasteiger partial charge in [0.25, 0.3) is 0 Å². The number of hydrogen-bond donors (Lipinski definition) is 0. The topological polar surface area (TPSA) is 27.0 Å². The monoisotopic (exact) mass is 228 g/mol. The summed E-state index contributed by atoms with van der Waals surface area (Å²) in [4.78, 5) is 2.19. The SMILES string of the molecule is Cc1cccc(C(N(C)C)C2(C#N)CCC2)c1. The third kappa shape index (κ3) is 2.08. The number of nitrogens with zero attached hydrogens (tertiary/aromatic N) is 2. The van der Waals surface area contributed by atoms with Gasteiger partial charge in [0, 0.05) is 0 Å². The van der Waals surface area contributed by atoms with Gasteiger partial charge in [-0.25, -0.2) is 0 Å². The standard InChI is InChI=1S/C15H20N2/c1-12-6-4-7-13(10-12)14(17(2)3)15(11-16)8-5-9-15/h4,6-7,10,14H,5,8-9H2,1-3H3. The maximum absolute atomic E-state index is 9.51. The minimum atomic E-state index is -0.169. The van der Waals surface area contributed by atoms with E-state index in [-0.39, 0.29) is 11.5 Å². The summed E-state index contributed by atoms with van der Waals surface area (Å²) in [5, 5.41) is 9.51. The van der Waals surface area contributed by atoms with Crippen LogP contribution in [0.25, 0.3) is 0 Å². The molecule has 2 rings (SSSR count). The molecule has 1 fully saturated rings. The molecule has 0 spiro atoms. The highest BCUT2D eigenvalue weighted by molar-refractivity contribution is 5.30. The van der Waals surface area contributed by atoms with Crippen LogP contribution < -0.4 is 0 Å². The van der Waals surface area contributed by atoms with Gasteiger partial charge in [-0.15, -0.1) is 0 Å². The molecular weight excluding hydrogens is 208 g/mol. The van der Waals surface area contributed by atoms with Gasteiger partial charge < -0.3 is 4.90 Å². The van der Waals surface area contributed by atoms with Gasteiger partial charge in [-0.3, -0.25) is 0 Å². The zero-order chi connectivity index (χ0) is 12.5. The molecule has 0 aromatic heterocycles. The van der Waals surface area contributed by atoms with Crippen LogP contribution in [0, 0.1) is 23.7 Å². The first-order chi connectivity index (χ1) is 8.09. The van der Waals surface area contributed by atoms with Gasteiger partial charge in [-0.05, 0) is 39.4 Å². The number of aryl methyl sites for hydroxylation is 1. The molecule has 1 aliphatic carbocycles. The quantitative estimate of drug-likeness (QED) is 0.793. The van der Waals surface area contributed by atoms with E-state index in [4.69, 9.17) is 0 Å². The van der Waals surface area contributed by atoms with Gasteiger partial charge in [0.15, 0.2) is 0 Å². The minimum absolute atomic E-state index is 0.169. The lowest BCUT2D eigenvalue weighted by Gasteiger charge is -2.45. The van der Waals surface area contributed by atoms with Crippen molar-refractivity contribution >= 4 is 0 Å². The molecule has 0 heterocycles. The molecular formula is C15H20N2. The first kappa shape index (κ1) is 12.1. The number of benzene rings is 1. The van der Waals surface area contributed by atoms with Gasteiger partial charge in [-0.1, -0.05) is 36.2 Å². The summed E-state index contributed by atoms with van der Waals surface area (Å²) in [6.07, 6.45) is 3.24. The average molecular weight is 228 g/mol. The molecule has 1 aliphatic rings. The van der Waals surface area contributed by atoms with Crippen LogP contribution in [0.4, 0.5) is 0 Å². The molecule has 0 amide bonds. The number of rotatable bonds is 3. The molecule has 1 unspecified atom stereocenters. The Hall–Kier alpha value is -1.33. The molecule has 1 aromatic rings. The first-order valence-electron chi connectivity index (χ1n) is 6.23. The van der Waals surface area contributed by atoms with E-state index in [0.717, 1.165) is 12.8 Å². The Morgan fingerprint density at radius 1 is 1.35 bits per heavy atom. The highest BCUT2D eigenvalue weighted by Gasteiger charge is 2.46. The van der Waals surface area contributed by atoms with Crippen molar-refractivity contribution in [3.8, 4) is 6.07 Å². The lowest BCUT2D eigenvalue weighted by molar-refractivity contribution is 0.0748. The van der Waals surface area contributed by atoms with Crippen molar-refractivity contribution in [1.82, 2.24) is 4.90 Å². The Balaban J connectivity index is 2.40. The van der Waals surface area contributed by atoms with E-state index in [1.165, 1.54) is 17.5 Å². The van der Waals surface area contributed by atoms with Crippen molar-refractivity contribution in [2.24, 2.45) is 5.41 Å². The maximum atomic E-state index is 9.51. The summed E-state index contributed by atoms with van der Waals surface area (Å²) in [5.74, 6) is 0. The van der Waals surface area contributed by atoms with Gasteiger partial charge >= 0.3 is 0 Å². The summed E-state index contributed by atoms with van der Waals surface area (Å²) in [7, 11) is 4.15. The molecule has 0 radical (unpaired) electrons. The van der Waals surface area contributed by atoms with E-state index in [0.29, 0.717) is 0 Å². The Bertz CT molecular complexity index is 438. The van der Waals surface area contributed by atoms with Crippen molar-refractivity contribution in [2.75, 3.05) is 14.1 Å². The van der Waals surface area contributed by atoms with Crippen LogP contribution in [0.3, 0.4) is 0 Å². The van der Waals surface area contributed by atoms with Crippen molar-refractivity contribution in [3.05, 3.63) is 35.4 Å². The summed E-state index contributed by atoms with van der Waals surface area (Å²) in [6, 6.07) is 11.3. The Kier molecular flexibility index (Phi) is 3.22. The Morgan fingerprint density at radius 3 is 2.47 bits per heavy atom. The molecule has 0 bridgehead atoms. The normalized spacial score (nSPS) is 19.5. The van der Waals surface area contributed by atoms with E-state index >= 15 is 0 Å². The predicted octanol–water partition coefficient (Wildman–Crippen LogP) is 3.29. The van der Waals surface area contributed by atoms with Gasteiger partial charge in [0.1, 0.15) is 0 Å². The van der Waals surface area contributed by atoms with E-state index in [9.17, 15) is 5.26 Å². The maximum Gasteiger partial charge on any atom is 0.0770 e. The second-order valence-corrected chi connectivity index (χ2v) is 5.40. The van der Waals surface area contributed by atoms with Crippen LogP contribution in [-0.4, -0.2) is 19.0 Å². The third-order valence-corrected chi connectivity index (χ3v) is 3.87. The molecule has 90 valence electrons. The summed E-state index contributed by atoms with van der Waals surface area (Å²) in [6.45, 7) is 2.11. The smallest absolute Gasteiger partial charge is 0.0770 e. The molecule has 17 heavy (non-hydrogen) atoms. The second-order valence-electron chi connectivity index (χ2n) is 5.40. The third-order valence-electron chi connectivity index (χ3n) is 3.87. The van der Waals surface area contributed by atoms with Crippen LogP contribution in [0.1, 0.15) is 36.4 Å². The molecule has 1 aromatic carbocycles. The highest BCUT2D eigenvalue weighted by atomic mass is 15.1. The first-order valence-corrected chi connectivity index (χ1v) is 6.23. The van der Waals surface area contributed by atoms with Crippen LogP contribution in [0.5, 0.6) is 0 Å². The molecule has 2 heteroatoms. The van der Waals surface area contributed by atoms with Gasteiger partial charge in [0.2, 0.25) is 0 Å². The van der Waals surface area contributed by atoms with E-state index in [2.05, 4.69) is 56.3 Å². The fourth-order valence-electron chi connectivity index (χ4n) is 2.96. The van der Waals surface area contributed by atoms with Crippen LogP contribution in [0.2, 0.25) is 0 Å². The average Bonchev–Trinajstić information content (AvgIpc) is 2.22. The summed E-state index contributed by atoms with van der Waals surface area (Å²) in [5.41, 5.74) is 2.37.